The first-order valence-electron chi connectivity index (χ1n) is 12.0. The molecule has 1 amide bonds. The van der Waals surface area contributed by atoms with Crippen molar-refractivity contribution in [1.29, 1.82) is 0 Å². The summed E-state index contributed by atoms with van der Waals surface area (Å²) in [6, 6.07) is 20.4. The van der Waals surface area contributed by atoms with Crippen molar-refractivity contribution >= 4 is 28.8 Å². The quantitative estimate of drug-likeness (QED) is 0.273. The minimum atomic E-state index is -0.405. The summed E-state index contributed by atoms with van der Waals surface area (Å²) in [5.41, 5.74) is 3.95. The molecule has 0 N–H and O–H groups in total. The number of aryl methyl sites for hydroxylation is 1. The highest BCUT2D eigenvalue weighted by atomic mass is 16.6. The van der Waals surface area contributed by atoms with E-state index in [2.05, 4.69) is 29.2 Å². The SMILES string of the molecule is Cc1cc2c(cc(C(=O)N3CCN(C/C=C/c4ccccc4)CC3)n2Cc2cccc([N+](=O)[O-])c2)o1. The molecule has 1 aliphatic rings. The van der Waals surface area contributed by atoms with Gasteiger partial charge in [0.05, 0.1) is 10.4 Å². The van der Waals surface area contributed by atoms with Crippen LogP contribution in [0.4, 0.5) is 5.69 Å². The molecule has 1 aliphatic heterocycles. The zero-order valence-corrected chi connectivity index (χ0v) is 20.2. The number of non-ortho nitro benzene ring substituents is 1. The topological polar surface area (TPSA) is 84.8 Å². The number of rotatable bonds is 7. The van der Waals surface area contributed by atoms with E-state index in [1.54, 1.807) is 18.2 Å². The van der Waals surface area contributed by atoms with Crippen molar-refractivity contribution in [1.82, 2.24) is 14.4 Å². The number of hydrogen-bond donors (Lipinski definition) is 0. The van der Waals surface area contributed by atoms with E-state index in [0.29, 0.717) is 30.9 Å². The van der Waals surface area contributed by atoms with Crippen molar-refractivity contribution in [3.05, 3.63) is 106 Å². The number of carbonyl (C=O) groups is 1. The second-order valence-electron chi connectivity index (χ2n) is 9.06. The fraction of sp³-hybridized carbons (Fsp3) is 0.250. The standard InChI is InChI=1S/C28H28N4O4/c1-21-17-25-27(36-21)19-26(31(25)20-23-9-5-11-24(18-23)32(34)35)28(33)30-15-13-29(14-16-30)12-6-10-22-7-3-2-4-8-22/h2-11,17-19H,12-16,20H2,1H3/b10-6+. The summed E-state index contributed by atoms with van der Waals surface area (Å²) in [4.78, 5) is 28.6. The molecule has 0 unspecified atom stereocenters. The molecule has 8 nitrogen and oxygen atoms in total. The molecule has 1 saturated heterocycles. The zero-order chi connectivity index (χ0) is 25.1. The van der Waals surface area contributed by atoms with Gasteiger partial charge in [-0.1, -0.05) is 54.6 Å². The first-order chi connectivity index (χ1) is 17.5. The molecular formula is C28H28N4O4. The third-order valence-corrected chi connectivity index (χ3v) is 6.53. The number of hydrogen-bond acceptors (Lipinski definition) is 5. The highest BCUT2D eigenvalue weighted by molar-refractivity contribution is 5.97. The molecule has 0 saturated carbocycles. The van der Waals surface area contributed by atoms with Gasteiger partial charge in [0.1, 0.15) is 11.5 Å². The number of furan rings is 1. The molecule has 8 heteroatoms. The lowest BCUT2D eigenvalue weighted by atomic mass is 10.2. The normalized spacial score (nSPS) is 14.6. The molecule has 5 rings (SSSR count). The lowest BCUT2D eigenvalue weighted by molar-refractivity contribution is -0.384. The third kappa shape index (κ3) is 5.08. The predicted octanol–water partition coefficient (Wildman–Crippen LogP) is 4.97. The van der Waals surface area contributed by atoms with Gasteiger partial charge in [-0.25, -0.2) is 0 Å². The van der Waals surface area contributed by atoms with Crippen LogP contribution in [0.1, 0.15) is 27.4 Å². The Balaban J connectivity index is 1.30. The second kappa shape index (κ2) is 10.2. The van der Waals surface area contributed by atoms with Crippen molar-refractivity contribution < 1.29 is 14.1 Å². The smallest absolute Gasteiger partial charge is 0.270 e. The number of carbonyl (C=O) groups excluding carboxylic acids is 1. The molecule has 2 aromatic carbocycles. The number of aromatic nitrogens is 1. The van der Waals surface area contributed by atoms with Crippen LogP contribution in [0, 0.1) is 17.0 Å². The van der Waals surface area contributed by atoms with Gasteiger partial charge in [-0.15, -0.1) is 0 Å². The molecule has 1 fully saturated rings. The van der Waals surface area contributed by atoms with Crippen molar-refractivity contribution in [2.24, 2.45) is 0 Å². The first kappa shape index (κ1) is 23.6. The van der Waals surface area contributed by atoms with E-state index in [1.807, 2.05) is 46.7 Å². The van der Waals surface area contributed by atoms with E-state index in [9.17, 15) is 14.9 Å². The molecule has 36 heavy (non-hydrogen) atoms. The number of fused-ring (bicyclic) bond motifs is 1. The Labute approximate surface area is 209 Å². The Morgan fingerprint density at radius 2 is 1.81 bits per heavy atom. The van der Waals surface area contributed by atoms with Gasteiger partial charge in [-0.05, 0) is 18.1 Å². The Hall–Kier alpha value is -4.17. The number of benzene rings is 2. The van der Waals surface area contributed by atoms with Crippen molar-refractivity contribution in [2.75, 3.05) is 32.7 Å². The average Bonchev–Trinajstić information content (AvgIpc) is 3.41. The van der Waals surface area contributed by atoms with E-state index in [-0.39, 0.29) is 11.6 Å². The highest BCUT2D eigenvalue weighted by Gasteiger charge is 2.26. The minimum absolute atomic E-state index is 0.0320. The molecule has 2 aromatic heterocycles. The summed E-state index contributed by atoms with van der Waals surface area (Å²) in [5.74, 6) is 0.702. The van der Waals surface area contributed by atoms with Gasteiger partial charge in [0, 0.05) is 63.5 Å². The number of nitro benzene ring substituents is 1. The van der Waals surface area contributed by atoms with Gasteiger partial charge in [-0.3, -0.25) is 19.8 Å². The molecule has 0 radical (unpaired) electrons. The van der Waals surface area contributed by atoms with Gasteiger partial charge in [0.2, 0.25) is 0 Å². The maximum Gasteiger partial charge on any atom is 0.270 e. The van der Waals surface area contributed by atoms with Gasteiger partial charge in [0.15, 0.2) is 5.58 Å². The first-order valence-corrected chi connectivity index (χ1v) is 12.0. The Kier molecular flexibility index (Phi) is 6.69. The van der Waals surface area contributed by atoms with E-state index in [0.717, 1.165) is 36.5 Å². The van der Waals surface area contributed by atoms with Crippen molar-refractivity contribution in [3.8, 4) is 0 Å². The number of nitrogens with zero attached hydrogens (tertiary/aromatic N) is 4. The van der Waals surface area contributed by atoms with Crippen molar-refractivity contribution in [2.45, 2.75) is 13.5 Å². The van der Waals surface area contributed by atoms with Crippen LogP contribution in [0.15, 0.2) is 77.2 Å². The Morgan fingerprint density at radius 3 is 2.56 bits per heavy atom. The molecular weight excluding hydrogens is 456 g/mol. The van der Waals surface area contributed by atoms with E-state index < -0.39 is 4.92 Å². The van der Waals surface area contributed by atoms with E-state index in [1.165, 1.54) is 11.6 Å². The number of amides is 1. The average molecular weight is 485 g/mol. The number of nitro groups is 1. The van der Waals surface area contributed by atoms with Crippen molar-refractivity contribution in [3.63, 3.8) is 0 Å². The van der Waals surface area contributed by atoms with Crippen LogP contribution >= 0.6 is 0 Å². The Bertz CT molecular complexity index is 1410. The second-order valence-corrected chi connectivity index (χ2v) is 9.06. The summed E-state index contributed by atoms with van der Waals surface area (Å²) < 4.78 is 7.71. The van der Waals surface area contributed by atoms with Crippen LogP contribution in [0.25, 0.3) is 17.2 Å². The molecule has 0 atom stereocenters. The van der Waals surface area contributed by atoms with Crippen LogP contribution in [0.2, 0.25) is 0 Å². The number of piperazine rings is 1. The summed E-state index contributed by atoms with van der Waals surface area (Å²) in [5, 5.41) is 11.2. The Morgan fingerprint density at radius 1 is 1.03 bits per heavy atom. The lowest BCUT2D eigenvalue weighted by Crippen LogP contribution is -2.49. The molecule has 0 bridgehead atoms. The van der Waals surface area contributed by atoms with Crippen LogP contribution in [-0.4, -0.2) is 57.9 Å². The van der Waals surface area contributed by atoms with Gasteiger partial charge in [-0.2, -0.15) is 0 Å². The van der Waals surface area contributed by atoms with Gasteiger partial charge < -0.3 is 13.9 Å². The summed E-state index contributed by atoms with van der Waals surface area (Å²) >= 11 is 0. The van der Waals surface area contributed by atoms with E-state index in [4.69, 9.17) is 4.42 Å². The fourth-order valence-electron chi connectivity index (χ4n) is 4.66. The summed E-state index contributed by atoms with van der Waals surface area (Å²) in [6.45, 7) is 5.92. The minimum Gasteiger partial charge on any atom is -0.460 e. The third-order valence-electron chi connectivity index (χ3n) is 6.53. The monoisotopic (exact) mass is 484 g/mol. The van der Waals surface area contributed by atoms with Crippen LogP contribution in [-0.2, 0) is 6.54 Å². The molecule has 0 spiro atoms. The highest BCUT2D eigenvalue weighted by Crippen LogP contribution is 2.27. The molecule has 184 valence electrons. The maximum atomic E-state index is 13.6. The van der Waals surface area contributed by atoms with Crippen LogP contribution < -0.4 is 0 Å². The zero-order valence-electron chi connectivity index (χ0n) is 20.2. The molecule has 4 aromatic rings. The van der Waals surface area contributed by atoms with Crippen LogP contribution in [0.5, 0.6) is 0 Å². The van der Waals surface area contributed by atoms with Crippen LogP contribution in [0.3, 0.4) is 0 Å². The maximum absolute atomic E-state index is 13.6. The van der Waals surface area contributed by atoms with Gasteiger partial charge in [0.25, 0.3) is 11.6 Å². The predicted molar refractivity (Wildman–Crippen MR) is 139 cm³/mol. The molecule has 0 aliphatic carbocycles. The fourth-order valence-corrected chi connectivity index (χ4v) is 4.66. The summed E-state index contributed by atoms with van der Waals surface area (Å²) in [7, 11) is 0. The van der Waals surface area contributed by atoms with Gasteiger partial charge >= 0.3 is 0 Å². The lowest BCUT2D eigenvalue weighted by Gasteiger charge is -2.34. The summed E-state index contributed by atoms with van der Waals surface area (Å²) in [6.07, 6.45) is 4.28. The van der Waals surface area contributed by atoms with E-state index >= 15 is 0 Å². The largest absolute Gasteiger partial charge is 0.460 e. The molecule has 3 heterocycles.